The smallest absolute Gasteiger partial charge is 0.412 e. The number of aliphatic hydroxyl groups is 1. The second-order valence-electron chi connectivity index (χ2n) is 24.0. The molecular weight excluding hydrogens is 1320 g/mol. The van der Waals surface area contributed by atoms with E-state index in [0.717, 1.165) is 157 Å². The Hall–Kier alpha value is -10.1. The molecule has 0 saturated heterocycles. The van der Waals surface area contributed by atoms with Crippen LogP contribution in [0, 0.1) is 34.6 Å². The average Bonchev–Trinajstić information content (AvgIpc) is 0.818. The van der Waals surface area contributed by atoms with Crippen LogP contribution in [0.2, 0.25) is 0 Å². The summed E-state index contributed by atoms with van der Waals surface area (Å²) in [5, 5.41) is 25.9. The number of nitrogen functional groups attached to an aromatic ring is 3. The molecule has 0 radical (unpaired) electrons. The quantitative estimate of drug-likeness (QED) is 0.0321. The largest absolute Gasteiger partial charge is 1.00 e. The molecule has 5 aromatic carbocycles. The number of anilines is 3. The van der Waals surface area contributed by atoms with Crippen LogP contribution in [0.3, 0.4) is 0 Å². The molecule has 5 aliphatic heterocycles. The highest BCUT2D eigenvalue weighted by Gasteiger charge is 2.18. The van der Waals surface area contributed by atoms with Crippen molar-refractivity contribution in [3.8, 4) is 52.9 Å². The zero-order valence-electron chi connectivity index (χ0n) is 57.9. The molecule has 5 heterocycles. The Morgan fingerprint density at radius 3 is 1.46 bits per heavy atom. The maximum atomic E-state index is 9.20. The fourth-order valence-electron chi connectivity index (χ4n) is 10.3. The summed E-state index contributed by atoms with van der Waals surface area (Å²) in [4.78, 5) is 41.5. The second kappa shape index (κ2) is 31.0. The molecule has 15 rings (SSSR count). The molecule has 98 heavy (non-hydrogen) atoms. The number of carbonyl (C=O) groups is 1. The fraction of sp³-hybridized carbons (Fsp3) is 0.173. The Morgan fingerprint density at radius 2 is 0.959 bits per heavy atom. The Bertz CT molecular complexity index is 5700. The second-order valence-corrected chi connectivity index (χ2v) is 29.4. The number of nitrogens with zero attached hydrogens (tertiary/aromatic N) is 8. The average molecular weight is 1400 g/mol. The molecule has 0 atom stereocenters. The van der Waals surface area contributed by atoms with Crippen molar-refractivity contribution in [2.75, 3.05) is 73.3 Å². The summed E-state index contributed by atoms with van der Waals surface area (Å²) < 4.78 is 11.4. The van der Waals surface area contributed by atoms with E-state index in [1.807, 2.05) is 153 Å². The summed E-state index contributed by atoms with van der Waals surface area (Å²) in [7, 11) is 13.9. The lowest BCUT2D eigenvalue weighted by atomic mass is 10.1. The minimum atomic E-state index is -0.0106. The van der Waals surface area contributed by atoms with E-state index >= 15 is 0 Å². The number of hydrogen-bond donors (Lipinski definition) is 7. The molecule has 0 unspecified atom stereocenters. The SMILES string of the molecule is C=O.C=[N+](C)c1ccc2nc3cc(C)c(=[NH2+])cc-3sc2c1.CN=c1ccc2[nH+]c3cc(C)c(N)cc3sc-2c1.Cc1cc2nc3ccc(=[N+](C)C)cc-3sc2cc1N.Cc1cc2nc3ccc(=[N+](C)CO)cc-3sc2cc1N.Cc1cc2nc3ccc([NH+](C)C)cc3sc-2cc1=[NH2+].O.[H+]. The number of benzene rings is 10. The zero-order valence-corrected chi connectivity index (χ0v) is 61.0. The number of fused-ring (bicyclic) bond motifs is 10. The Morgan fingerprint density at radius 1 is 0.510 bits per heavy atom. The molecule has 18 nitrogen and oxygen atoms in total. The molecule has 0 amide bonds. The van der Waals surface area contributed by atoms with E-state index in [-0.39, 0.29) is 13.6 Å². The highest BCUT2D eigenvalue weighted by molar-refractivity contribution is 7.23. The van der Waals surface area contributed by atoms with Gasteiger partial charge in [-0.3, -0.25) is 15.8 Å². The van der Waals surface area contributed by atoms with E-state index in [1.165, 1.54) is 35.1 Å². The molecule has 5 aromatic rings. The van der Waals surface area contributed by atoms with Crippen LogP contribution in [0.15, 0.2) is 157 Å². The zero-order chi connectivity index (χ0) is 69.7. The fourth-order valence-corrected chi connectivity index (χ4v) is 15.5. The molecule has 0 aromatic heterocycles. The van der Waals surface area contributed by atoms with E-state index in [2.05, 4.69) is 113 Å². The van der Waals surface area contributed by atoms with Gasteiger partial charge < -0.3 is 37.5 Å². The standard InChI is InChI=1S/C15H15N3OS.2C15H15N3S.C15H14N3S.C14H13N3S.CH2O.H2O/c1-9-5-13-15(7-11(9)16)20-14-6-10(18(2)8-19)3-4-12(14)17-13;3*1-9-6-13-15(8-11(9)16)19-14-7-10(18(2)3)4-5-12(14)17-13;1-8-5-12-14(7-10(8)15)18-13-6-9(16-2)3-4-11(13)17-12;1-2;/h3-7,16,19H,8H2,1-2H3;2*4-8,16H,1-3H3;4-8,16H,2H2,1,3H3;3-7H,15H2,1-2H3;1H2;1H2/q;;;+1;;;/p+7. The molecule has 5 aliphatic carbocycles. The highest BCUT2D eigenvalue weighted by atomic mass is 32.1. The van der Waals surface area contributed by atoms with Crippen LogP contribution in [-0.4, -0.2) is 105 Å². The number of nitrogens with one attached hydrogen (secondary N) is 2. The third kappa shape index (κ3) is 16.3. The summed E-state index contributed by atoms with van der Waals surface area (Å²) in [6.07, 6.45) is 0. The first-order valence-electron chi connectivity index (χ1n) is 30.9. The maximum Gasteiger partial charge on any atom is 1.00 e. The maximum absolute atomic E-state index is 9.20. The monoisotopic (exact) mass is 1400 g/mol. The minimum Gasteiger partial charge on any atom is -0.412 e. The minimum absolute atomic E-state index is 0. The number of carbonyl (C=O) groups excluding carboxylic acids is 1. The normalized spacial score (nSPS) is 11.5. The number of hydrogen-bond acceptors (Lipinski definition) is 15. The van der Waals surface area contributed by atoms with E-state index in [1.54, 1.807) is 68.3 Å². The number of quaternary nitrogens is 1. The van der Waals surface area contributed by atoms with Gasteiger partial charge in [0.15, 0.2) is 0 Å². The Kier molecular flexibility index (Phi) is 22.8. The van der Waals surface area contributed by atoms with E-state index in [0.29, 0.717) is 0 Å². The van der Waals surface area contributed by atoms with Crippen LogP contribution in [0.1, 0.15) is 29.2 Å². The molecule has 0 fully saturated rings. The summed E-state index contributed by atoms with van der Waals surface area (Å²) in [5.74, 6) is 0. The molecule has 0 saturated carbocycles. The predicted molar refractivity (Wildman–Crippen MR) is 411 cm³/mol. The molecule has 10 aliphatic rings. The van der Waals surface area contributed by atoms with E-state index < -0.39 is 0 Å². The van der Waals surface area contributed by atoms with Gasteiger partial charge in [-0.1, -0.05) is 0 Å². The first kappa shape index (κ1) is 72.2. The molecule has 23 heteroatoms. The van der Waals surface area contributed by atoms with Crippen molar-refractivity contribution in [3.05, 3.63) is 206 Å². The first-order chi connectivity index (χ1) is 46.4. The molecular formula is C75H83N15O3S5+8. The van der Waals surface area contributed by atoms with Crippen LogP contribution >= 0.6 is 56.7 Å². The van der Waals surface area contributed by atoms with E-state index in [9.17, 15) is 5.11 Å². The molecule has 15 N–H and O–H groups in total. The highest BCUT2D eigenvalue weighted by Crippen LogP contribution is 2.36. The first-order valence-corrected chi connectivity index (χ1v) is 34.9. The summed E-state index contributed by atoms with van der Waals surface area (Å²) in [6, 6.07) is 51.4. The van der Waals surface area contributed by atoms with Crippen LogP contribution in [0.5, 0.6) is 0 Å². The summed E-state index contributed by atoms with van der Waals surface area (Å²) >= 11 is 8.59. The summed E-state index contributed by atoms with van der Waals surface area (Å²) in [6.45, 7) is 15.9. The predicted octanol–water partition coefficient (Wildman–Crippen LogP) is 6.80. The van der Waals surface area contributed by atoms with Crippen molar-refractivity contribution in [2.45, 2.75) is 34.6 Å². The van der Waals surface area contributed by atoms with Gasteiger partial charge in [-0.25, -0.2) is 38.6 Å². The topological polar surface area (TPSA) is 290 Å². The van der Waals surface area contributed by atoms with Crippen LogP contribution in [0.4, 0.5) is 28.4 Å². The van der Waals surface area contributed by atoms with Gasteiger partial charge in [-0.2, -0.15) is 0 Å². The van der Waals surface area contributed by atoms with Gasteiger partial charge in [0.25, 0.3) is 0 Å². The van der Waals surface area contributed by atoms with Crippen molar-refractivity contribution < 1.29 is 42.1 Å². The lowest BCUT2D eigenvalue weighted by Crippen LogP contribution is -3.00. The lowest BCUT2D eigenvalue weighted by Gasteiger charge is -2.09. The van der Waals surface area contributed by atoms with Crippen molar-refractivity contribution in [3.63, 3.8) is 0 Å². The number of aromatic nitrogens is 5. The molecule has 0 bridgehead atoms. The molecule has 0 spiro atoms. The third-order valence-electron chi connectivity index (χ3n) is 16.3. The van der Waals surface area contributed by atoms with Gasteiger partial charge in [-0.05, 0) is 130 Å². The van der Waals surface area contributed by atoms with Crippen LogP contribution in [-0.2, 0) is 4.79 Å². The Labute approximate surface area is 588 Å². The third-order valence-corrected chi connectivity index (χ3v) is 21.8. The van der Waals surface area contributed by atoms with Crippen molar-refractivity contribution in [1.29, 1.82) is 0 Å². The number of aryl methyl sites for hydroxylation is 5. The number of nitrogens with two attached hydrogens (primary N) is 5. The van der Waals surface area contributed by atoms with Gasteiger partial charge >= 0.3 is 1.43 Å². The van der Waals surface area contributed by atoms with Gasteiger partial charge in [0, 0.05) is 108 Å². The van der Waals surface area contributed by atoms with Gasteiger partial charge in [0.05, 0.1) is 103 Å². The van der Waals surface area contributed by atoms with Gasteiger partial charge in [-0.15, -0.1) is 56.7 Å². The summed E-state index contributed by atoms with van der Waals surface area (Å²) in [5.41, 5.74) is 38.4. The van der Waals surface area contributed by atoms with Crippen LogP contribution in [0.25, 0.3) is 104 Å². The van der Waals surface area contributed by atoms with Crippen molar-refractivity contribution >= 4 is 150 Å². The van der Waals surface area contributed by atoms with Crippen LogP contribution < -0.4 is 73.8 Å². The van der Waals surface area contributed by atoms with Gasteiger partial charge in [0.2, 0.25) is 45.1 Å². The number of H-pyrrole nitrogens is 1. The van der Waals surface area contributed by atoms with E-state index in [4.69, 9.17) is 47.8 Å². The van der Waals surface area contributed by atoms with Gasteiger partial charge in [0.1, 0.15) is 57.0 Å². The number of rotatable bonds is 3. The van der Waals surface area contributed by atoms with Crippen molar-refractivity contribution in [1.82, 2.24) is 29.1 Å². The Balaban J connectivity index is 0.000000156. The number of aliphatic hydroxyl groups excluding tert-OH is 1. The van der Waals surface area contributed by atoms with Crippen molar-refractivity contribution in [2.24, 2.45) is 4.99 Å². The molecule has 498 valence electrons. The number of aromatic amines is 1. The lowest BCUT2D eigenvalue weighted by molar-refractivity contribution is -0.786.